The Bertz CT molecular complexity index is 3500. The van der Waals surface area contributed by atoms with E-state index in [2.05, 4.69) is 143 Å². The molecule has 0 fully saturated rings. The predicted molar refractivity (Wildman–Crippen MR) is 230 cm³/mol. The number of rotatable bonds is 5. The molecule has 4 aromatic heterocycles. The summed E-state index contributed by atoms with van der Waals surface area (Å²) < 4.78 is 11.0. The summed E-state index contributed by atoms with van der Waals surface area (Å²) in [6, 6.07) is 62.7. The number of hydrogen-bond donors (Lipinski definition) is 0. The molecule has 7 heteroatoms. The van der Waals surface area contributed by atoms with Gasteiger partial charge in [-0.2, -0.15) is 9.97 Å². The quantitative estimate of drug-likeness (QED) is 0.176. The van der Waals surface area contributed by atoms with E-state index < -0.39 is 0 Å². The van der Waals surface area contributed by atoms with Crippen molar-refractivity contribution in [2.75, 3.05) is 0 Å². The first-order chi connectivity index (χ1) is 28.3. The molecule has 0 saturated carbocycles. The summed E-state index contributed by atoms with van der Waals surface area (Å²) in [4.78, 5) is 20.8. The molecule has 0 saturated heterocycles. The lowest BCUT2D eigenvalue weighted by Gasteiger charge is -2.15. The lowest BCUT2D eigenvalue weighted by atomic mass is 10.0. The van der Waals surface area contributed by atoms with Crippen molar-refractivity contribution in [2.24, 2.45) is 0 Å². The predicted octanol–water partition coefficient (Wildman–Crippen LogP) is 12.4. The van der Waals surface area contributed by atoms with Crippen LogP contribution in [0.4, 0.5) is 0 Å². The smallest absolute Gasteiger partial charge is 0.238 e. The Kier molecular flexibility index (Phi) is 6.79. The molecule has 0 unspecified atom stereocenters. The first-order valence-electron chi connectivity index (χ1n) is 19.0. The Labute approximate surface area is 325 Å². The van der Waals surface area contributed by atoms with Gasteiger partial charge in [-0.3, -0.25) is 4.57 Å². The number of hydrogen-bond acceptors (Lipinski definition) is 5. The summed E-state index contributed by atoms with van der Waals surface area (Å²) in [6.07, 6.45) is 0. The van der Waals surface area contributed by atoms with Gasteiger partial charge in [0.25, 0.3) is 0 Å². The summed E-state index contributed by atoms with van der Waals surface area (Å²) in [5, 5.41) is 6.65. The molecule has 12 rings (SSSR count). The van der Waals surface area contributed by atoms with Crippen LogP contribution in [0, 0.1) is 0 Å². The van der Waals surface area contributed by atoms with E-state index in [1.807, 2.05) is 48.5 Å². The molecule has 4 heterocycles. The standard InChI is InChI=1S/C50H30N6O/c1-2-16-32(17-3-1)47-52-48(38-23-14-18-31-15-4-5-19-33(31)38)54-50(53-47)56-42-26-11-7-21-35(42)37-30-29-36-34-20-6-10-25-41(34)55(45(36)46(37)56)43-27-12-8-22-39(43)49-51-40-24-9-13-28-44(40)57-49/h1-30H. The fourth-order valence-electron chi connectivity index (χ4n) is 8.52. The second-order valence-corrected chi connectivity index (χ2v) is 14.2. The zero-order chi connectivity index (χ0) is 37.5. The highest BCUT2D eigenvalue weighted by molar-refractivity contribution is 6.24. The fourth-order valence-corrected chi connectivity index (χ4v) is 8.52. The molecule has 8 aromatic carbocycles. The highest BCUT2D eigenvalue weighted by atomic mass is 16.3. The SMILES string of the molecule is c1ccc(-c2nc(-c3cccc4ccccc34)nc(-n3c4ccccc4c4ccc5c6ccccc6n(-c6ccccc6-c6nc7ccccc7o6)c5c43)n2)cc1. The second-order valence-electron chi connectivity index (χ2n) is 14.2. The minimum atomic E-state index is 0.537. The fraction of sp³-hybridized carbons (Fsp3) is 0. The molecule has 0 radical (unpaired) electrons. The minimum Gasteiger partial charge on any atom is -0.436 e. The van der Waals surface area contributed by atoms with Crippen molar-refractivity contribution in [3.63, 3.8) is 0 Å². The van der Waals surface area contributed by atoms with Gasteiger partial charge in [0.05, 0.1) is 33.3 Å². The minimum absolute atomic E-state index is 0.537. The van der Waals surface area contributed by atoms with E-state index >= 15 is 0 Å². The van der Waals surface area contributed by atoms with Crippen molar-refractivity contribution in [1.82, 2.24) is 29.1 Å². The van der Waals surface area contributed by atoms with Crippen LogP contribution in [0.15, 0.2) is 186 Å². The zero-order valence-electron chi connectivity index (χ0n) is 30.4. The molecule has 0 spiro atoms. The third-order valence-electron chi connectivity index (χ3n) is 11.0. The van der Waals surface area contributed by atoms with Gasteiger partial charge in [0.1, 0.15) is 5.52 Å². The highest BCUT2D eigenvalue weighted by Gasteiger charge is 2.25. The summed E-state index contributed by atoms with van der Waals surface area (Å²) in [6.45, 7) is 0. The van der Waals surface area contributed by atoms with E-state index in [0.717, 1.165) is 87.9 Å². The van der Waals surface area contributed by atoms with E-state index in [9.17, 15) is 0 Å². The van der Waals surface area contributed by atoms with Crippen LogP contribution >= 0.6 is 0 Å². The van der Waals surface area contributed by atoms with Crippen LogP contribution in [0.2, 0.25) is 0 Å². The van der Waals surface area contributed by atoms with E-state index in [1.54, 1.807) is 0 Å². The molecule has 0 atom stereocenters. The first kappa shape index (κ1) is 31.5. The monoisotopic (exact) mass is 730 g/mol. The Balaban J connectivity index is 1.23. The molecule has 7 nitrogen and oxygen atoms in total. The van der Waals surface area contributed by atoms with Gasteiger partial charge in [-0.05, 0) is 47.2 Å². The molecule has 0 aliphatic heterocycles. The van der Waals surface area contributed by atoms with Crippen LogP contribution < -0.4 is 0 Å². The number of benzene rings is 8. The summed E-state index contributed by atoms with van der Waals surface area (Å²) in [5.41, 5.74) is 9.36. The highest BCUT2D eigenvalue weighted by Crippen LogP contribution is 2.43. The molecule has 57 heavy (non-hydrogen) atoms. The largest absolute Gasteiger partial charge is 0.436 e. The van der Waals surface area contributed by atoms with Gasteiger partial charge in [0.2, 0.25) is 11.8 Å². The maximum absolute atomic E-state index is 6.43. The van der Waals surface area contributed by atoms with Gasteiger partial charge in [0.15, 0.2) is 17.2 Å². The molecule has 266 valence electrons. The third kappa shape index (κ3) is 4.79. The van der Waals surface area contributed by atoms with E-state index in [1.165, 1.54) is 0 Å². The molecular formula is C50H30N6O. The number of nitrogens with zero attached hydrogens (tertiary/aromatic N) is 6. The maximum atomic E-state index is 6.43. The molecule has 0 bridgehead atoms. The van der Waals surface area contributed by atoms with E-state index in [0.29, 0.717) is 23.5 Å². The first-order valence-corrected chi connectivity index (χ1v) is 19.0. The van der Waals surface area contributed by atoms with Crippen molar-refractivity contribution in [3.8, 4) is 45.9 Å². The van der Waals surface area contributed by atoms with Crippen LogP contribution in [-0.4, -0.2) is 29.1 Å². The molecule has 0 N–H and O–H groups in total. The van der Waals surface area contributed by atoms with Crippen LogP contribution in [0.25, 0.3) is 111 Å². The lowest BCUT2D eigenvalue weighted by Crippen LogP contribution is -2.07. The van der Waals surface area contributed by atoms with Crippen molar-refractivity contribution in [3.05, 3.63) is 182 Å². The number of fused-ring (bicyclic) bond motifs is 9. The molecule has 0 aliphatic carbocycles. The Morgan fingerprint density at radius 3 is 1.79 bits per heavy atom. The number of oxazole rings is 1. The molecule has 0 amide bonds. The maximum Gasteiger partial charge on any atom is 0.238 e. The lowest BCUT2D eigenvalue weighted by molar-refractivity contribution is 0.619. The third-order valence-corrected chi connectivity index (χ3v) is 11.0. The van der Waals surface area contributed by atoms with E-state index in [4.69, 9.17) is 24.4 Å². The Morgan fingerprint density at radius 1 is 0.386 bits per heavy atom. The van der Waals surface area contributed by atoms with Gasteiger partial charge in [0, 0.05) is 32.7 Å². The summed E-state index contributed by atoms with van der Waals surface area (Å²) >= 11 is 0. The molecular weight excluding hydrogens is 701 g/mol. The normalized spacial score (nSPS) is 11.9. The second kappa shape index (κ2) is 12.3. The van der Waals surface area contributed by atoms with Crippen LogP contribution in [0.3, 0.4) is 0 Å². The van der Waals surface area contributed by atoms with Crippen molar-refractivity contribution < 1.29 is 4.42 Å². The van der Waals surface area contributed by atoms with Crippen LogP contribution in [-0.2, 0) is 0 Å². The van der Waals surface area contributed by atoms with E-state index in [-0.39, 0.29) is 0 Å². The Hall–Kier alpha value is -7.90. The average Bonchev–Trinajstić information content (AvgIpc) is 3.97. The van der Waals surface area contributed by atoms with Crippen molar-refractivity contribution in [1.29, 1.82) is 0 Å². The molecule has 0 aliphatic rings. The topological polar surface area (TPSA) is 74.6 Å². The van der Waals surface area contributed by atoms with Crippen LogP contribution in [0.5, 0.6) is 0 Å². The van der Waals surface area contributed by atoms with Gasteiger partial charge < -0.3 is 8.98 Å². The van der Waals surface area contributed by atoms with Crippen molar-refractivity contribution >= 4 is 65.5 Å². The van der Waals surface area contributed by atoms with Gasteiger partial charge in [-0.25, -0.2) is 9.97 Å². The number of aromatic nitrogens is 6. The van der Waals surface area contributed by atoms with Crippen LogP contribution in [0.1, 0.15) is 0 Å². The van der Waals surface area contributed by atoms with Gasteiger partial charge in [-0.1, -0.05) is 146 Å². The van der Waals surface area contributed by atoms with Gasteiger partial charge in [-0.15, -0.1) is 0 Å². The summed E-state index contributed by atoms with van der Waals surface area (Å²) in [5.74, 6) is 2.31. The van der Waals surface area contributed by atoms with Crippen molar-refractivity contribution in [2.45, 2.75) is 0 Å². The zero-order valence-corrected chi connectivity index (χ0v) is 30.4. The summed E-state index contributed by atoms with van der Waals surface area (Å²) in [7, 11) is 0. The average molecular weight is 731 g/mol. The number of para-hydroxylation sites is 5. The Morgan fingerprint density at radius 2 is 0.982 bits per heavy atom. The molecule has 12 aromatic rings. The van der Waals surface area contributed by atoms with Gasteiger partial charge >= 0.3 is 0 Å².